The summed E-state index contributed by atoms with van der Waals surface area (Å²) in [6.45, 7) is 4.38. The van der Waals surface area contributed by atoms with E-state index in [0.29, 0.717) is 24.9 Å². The molecule has 0 bridgehead atoms. The normalized spacial score (nSPS) is 19.8. The zero-order valence-corrected chi connectivity index (χ0v) is 13.5. The lowest BCUT2D eigenvalue weighted by molar-refractivity contribution is -0.137. The van der Waals surface area contributed by atoms with Crippen LogP contribution in [0.25, 0.3) is 0 Å². The smallest absolute Gasteiger partial charge is 0.317 e. The first-order valence-electron chi connectivity index (χ1n) is 7.81. The van der Waals surface area contributed by atoms with Crippen LogP contribution in [-0.4, -0.2) is 66.7 Å². The quantitative estimate of drug-likeness (QED) is 0.714. The van der Waals surface area contributed by atoms with Gasteiger partial charge in [-0.15, -0.1) is 0 Å². The van der Waals surface area contributed by atoms with E-state index < -0.39 is 5.97 Å². The fourth-order valence-electron chi connectivity index (χ4n) is 2.76. The molecule has 6 nitrogen and oxygen atoms in total. The number of carboxylic acids is 1. The molecule has 1 rings (SSSR count). The number of carboxylic acid groups (broad SMARTS) is 1. The third-order valence-corrected chi connectivity index (χ3v) is 3.98. The van der Waals surface area contributed by atoms with E-state index in [9.17, 15) is 9.59 Å². The Hall–Kier alpha value is -1.30. The van der Waals surface area contributed by atoms with Gasteiger partial charge in [-0.2, -0.15) is 0 Å². The van der Waals surface area contributed by atoms with Crippen molar-refractivity contribution in [1.29, 1.82) is 0 Å². The number of nitrogens with zero attached hydrogens (tertiary/aromatic N) is 2. The Balaban J connectivity index is 2.25. The van der Waals surface area contributed by atoms with E-state index in [1.807, 2.05) is 25.9 Å². The summed E-state index contributed by atoms with van der Waals surface area (Å²) >= 11 is 0. The molecular weight excluding hydrogens is 270 g/mol. The highest BCUT2D eigenvalue weighted by molar-refractivity contribution is 5.74. The summed E-state index contributed by atoms with van der Waals surface area (Å²) in [6.07, 6.45) is 3.83. The maximum Gasteiger partial charge on any atom is 0.317 e. The van der Waals surface area contributed by atoms with Crippen LogP contribution in [0, 0.1) is 5.92 Å². The Bertz CT molecular complexity index is 347. The third-order valence-electron chi connectivity index (χ3n) is 3.98. The van der Waals surface area contributed by atoms with Gasteiger partial charge in [0, 0.05) is 32.1 Å². The fourth-order valence-corrected chi connectivity index (χ4v) is 2.76. The summed E-state index contributed by atoms with van der Waals surface area (Å²) in [6, 6.07) is 0.328. The SMILES string of the molecule is CC(CCNC(=O)N1CCCC1CN(C)C)CCC(=O)O. The van der Waals surface area contributed by atoms with Crippen molar-refractivity contribution in [3.63, 3.8) is 0 Å². The number of nitrogens with one attached hydrogen (secondary N) is 1. The van der Waals surface area contributed by atoms with Crippen LogP contribution < -0.4 is 5.32 Å². The average Bonchev–Trinajstić information content (AvgIpc) is 2.83. The molecule has 0 aromatic heterocycles. The molecule has 1 fully saturated rings. The molecule has 2 unspecified atom stereocenters. The van der Waals surface area contributed by atoms with E-state index >= 15 is 0 Å². The van der Waals surface area contributed by atoms with Crippen LogP contribution in [0.5, 0.6) is 0 Å². The van der Waals surface area contributed by atoms with Crippen molar-refractivity contribution in [2.75, 3.05) is 33.7 Å². The standard InChI is InChI=1S/C15H29N3O3/c1-12(6-7-14(19)20)8-9-16-15(21)18-10-4-5-13(18)11-17(2)3/h12-13H,4-11H2,1-3H3,(H,16,21)(H,19,20). The first kappa shape index (κ1) is 17.8. The van der Waals surface area contributed by atoms with E-state index in [0.717, 1.165) is 32.4 Å². The van der Waals surface area contributed by atoms with Gasteiger partial charge < -0.3 is 20.2 Å². The molecule has 2 amide bonds. The minimum atomic E-state index is -0.755. The summed E-state index contributed by atoms with van der Waals surface area (Å²) in [7, 11) is 4.05. The largest absolute Gasteiger partial charge is 0.481 e. The lowest BCUT2D eigenvalue weighted by Crippen LogP contribution is -2.46. The number of rotatable bonds is 8. The second-order valence-corrected chi connectivity index (χ2v) is 6.31. The van der Waals surface area contributed by atoms with Crippen molar-refractivity contribution in [3.05, 3.63) is 0 Å². The van der Waals surface area contributed by atoms with Crippen molar-refractivity contribution < 1.29 is 14.7 Å². The molecular formula is C15H29N3O3. The summed E-state index contributed by atoms with van der Waals surface area (Å²) in [5, 5.41) is 11.6. The predicted octanol–water partition coefficient (Wildman–Crippen LogP) is 1.61. The number of carbonyl (C=O) groups excluding carboxylic acids is 1. The predicted molar refractivity (Wildman–Crippen MR) is 82.3 cm³/mol. The molecule has 1 heterocycles. The van der Waals surface area contributed by atoms with Crippen LogP contribution in [0.2, 0.25) is 0 Å². The Morgan fingerprint density at radius 2 is 2.10 bits per heavy atom. The monoisotopic (exact) mass is 299 g/mol. The van der Waals surface area contributed by atoms with E-state index in [1.165, 1.54) is 0 Å². The maximum atomic E-state index is 12.2. The molecule has 1 saturated heterocycles. The van der Waals surface area contributed by atoms with E-state index in [1.54, 1.807) is 0 Å². The Kier molecular flexibility index (Phi) is 7.50. The molecule has 0 aromatic carbocycles. The highest BCUT2D eigenvalue weighted by Gasteiger charge is 2.28. The number of likely N-dealkylation sites (N-methyl/N-ethyl adjacent to an activating group) is 1. The molecule has 0 spiro atoms. The number of aliphatic carboxylic acids is 1. The van der Waals surface area contributed by atoms with Gasteiger partial charge in [0.15, 0.2) is 0 Å². The second kappa shape index (κ2) is 8.87. The van der Waals surface area contributed by atoms with Gasteiger partial charge in [-0.05, 0) is 45.7 Å². The summed E-state index contributed by atoms with van der Waals surface area (Å²) in [5.41, 5.74) is 0. The number of carbonyl (C=O) groups is 2. The number of likely N-dealkylation sites (tertiary alicyclic amines) is 1. The van der Waals surface area contributed by atoms with Gasteiger partial charge in [0.1, 0.15) is 0 Å². The zero-order valence-electron chi connectivity index (χ0n) is 13.5. The van der Waals surface area contributed by atoms with Gasteiger partial charge in [0.05, 0.1) is 0 Å². The summed E-state index contributed by atoms with van der Waals surface area (Å²) in [4.78, 5) is 26.7. The van der Waals surface area contributed by atoms with E-state index in [-0.39, 0.29) is 12.5 Å². The lowest BCUT2D eigenvalue weighted by atomic mass is 10.0. The van der Waals surface area contributed by atoms with Crippen LogP contribution in [0.1, 0.15) is 39.0 Å². The molecule has 6 heteroatoms. The van der Waals surface area contributed by atoms with Crippen molar-refractivity contribution in [1.82, 2.24) is 15.1 Å². The van der Waals surface area contributed by atoms with Gasteiger partial charge in [-0.25, -0.2) is 4.79 Å². The van der Waals surface area contributed by atoms with Gasteiger partial charge in [-0.1, -0.05) is 6.92 Å². The highest BCUT2D eigenvalue weighted by Crippen LogP contribution is 2.17. The first-order valence-corrected chi connectivity index (χ1v) is 7.81. The van der Waals surface area contributed by atoms with Gasteiger partial charge in [0.2, 0.25) is 0 Å². The van der Waals surface area contributed by atoms with Gasteiger partial charge in [-0.3, -0.25) is 4.79 Å². The highest BCUT2D eigenvalue weighted by atomic mass is 16.4. The molecule has 0 saturated carbocycles. The lowest BCUT2D eigenvalue weighted by Gasteiger charge is -2.27. The second-order valence-electron chi connectivity index (χ2n) is 6.31. The minimum absolute atomic E-state index is 0.0183. The third kappa shape index (κ3) is 6.80. The number of urea groups is 1. The molecule has 1 aliphatic rings. The summed E-state index contributed by atoms with van der Waals surface area (Å²) in [5.74, 6) is -0.438. The molecule has 21 heavy (non-hydrogen) atoms. The van der Waals surface area contributed by atoms with E-state index in [2.05, 4.69) is 10.2 Å². The molecule has 0 aromatic rings. The maximum absolute atomic E-state index is 12.2. The fraction of sp³-hybridized carbons (Fsp3) is 0.867. The first-order chi connectivity index (χ1) is 9.90. The Labute approximate surface area is 127 Å². The minimum Gasteiger partial charge on any atom is -0.481 e. The van der Waals surface area contributed by atoms with Crippen LogP contribution in [0.15, 0.2) is 0 Å². The molecule has 0 radical (unpaired) electrons. The van der Waals surface area contributed by atoms with Gasteiger partial charge >= 0.3 is 12.0 Å². The van der Waals surface area contributed by atoms with Crippen molar-refractivity contribution in [3.8, 4) is 0 Å². The molecule has 122 valence electrons. The Morgan fingerprint density at radius 1 is 1.38 bits per heavy atom. The molecule has 0 aliphatic carbocycles. The van der Waals surface area contributed by atoms with Crippen LogP contribution in [-0.2, 0) is 4.79 Å². The van der Waals surface area contributed by atoms with Crippen LogP contribution in [0.3, 0.4) is 0 Å². The van der Waals surface area contributed by atoms with Crippen molar-refractivity contribution >= 4 is 12.0 Å². The number of hydrogen-bond donors (Lipinski definition) is 2. The molecule has 1 aliphatic heterocycles. The number of hydrogen-bond acceptors (Lipinski definition) is 3. The van der Waals surface area contributed by atoms with Crippen LogP contribution >= 0.6 is 0 Å². The average molecular weight is 299 g/mol. The van der Waals surface area contributed by atoms with Gasteiger partial charge in [0.25, 0.3) is 0 Å². The van der Waals surface area contributed by atoms with E-state index in [4.69, 9.17) is 5.11 Å². The topological polar surface area (TPSA) is 72.9 Å². The Morgan fingerprint density at radius 3 is 2.71 bits per heavy atom. The van der Waals surface area contributed by atoms with Crippen molar-refractivity contribution in [2.24, 2.45) is 5.92 Å². The molecule has 2 N–H and O–H groups in total. The van der Waals surface area contributed by atoms with Crippen molar-refractivity contribution in [2.45, 2.75) is 45.1 Å². The summed E-state index contributed by atoms with van der Waals surface area (Å²) < 4.78 is 0. The number of amides is 2. The zero-order chi connectivity index (χ0) is 15.8. The molecule has 2 atom stereocenters. The van der Waals surface area contributed by atoms with Crippen LogP contribution in [0.4, 0.5) is 4.79 Å².